The second kappa shape index (κ2) is 4.46. The Morgan fingerprint density at radius 3 is 2.83 bits per heavy atom. The molecule has 2 aromatic heterocycles. The van der Waals surface area contributed by atoms with Gasteiger partial charge in [0.05, 0.1) is 5.56 Å². The summed E-state index contributed by atoms with van der Waals surface area (Å²) in [6, 6.07) is 2.07. The van der Waals surface area contributed by atoms with Crippen LogP contribution in [0.2, 0.25) is 0 Å². The van der Waals surface area contributed by atoms with Crippen LogP contribution < -0.4 is 11.1 Å². The first kappa shape index (κ1) is 12.1. The van der Waals surface area contributed by atoms with Crippen LogP contribution in [-0.2, 0) is 0 Å². The Hall–Kier alpha value is -2.40. The summed E-state index contributed by atoms with van der Waals surface area (Å²) in [5, 5.41) is 18.1. The highest BCUT2D eigenvalue weighted by molar-refractivity contribution is 7.16. The van der Waals surface area contributed by atoms with Gasteiger partial charge in [-0.1, -0.05) is 0 Å². The number of nitrogens with two attached hydrogens (primary N) is 1. The van der Waals surface area contributed by atoms with E-state index in [9.17, 15) is 4.79 Å². The third-order valence-corrected chi connectivity index (χ3v) is 3.56. The molecule has 0 saturated carbocycles. The number of hydrogen-bond donors (Lipinski definition) is 3. The number of nitriles is 1. The number of hydrogen-bond acceptors (Lipinski definition) is 6. The van der Waals surface area contributed by atoms with Crippen LogP contribution in [0.3, 0.4) is 0 Å². The van der Waals surface area contributed by atoms with Gasteiger partial charge in [0.25, 0.3) is 5.91 Å². The molecule has 0 aromatic carbocycles. The molecule has 0 radical (unpaired) electrons. The van der Waals surface area contributed by atoms with Crippen LogP contribution in [0.4, 0.5) is 10.9 Å². The molecule has 0 fully saturated rings. The number of thiophene rings is 1. The van der Waals surface area contributed by atoms with Crippen molar-refractivity contribution in [3.05, 3.63) is 21.8 Å². The molecule has 1 amide bonds. The largest absolute Gasteiger partial charge is 0.366 e. The molecule has 0 aliphatic carbocycles. The quantitative estimate of drug-likeness (QED) is 0.750. The van der Waals surface area contributed by atoms with Crippen LogP contribution in [0.15, 0.2) is 0 Å². The van der Waals surface area contributed by atoms with E-state index in [-0.39, 0.29) is 11.8 Å². The highest BCUT2D eigenvalue weighted by Gasteiger charge is 2.17. The lowest BCUT2D eigenvalue weighted by Crippen LogP contribution is -2.13. The topological polar surface area (TPSA) is 120 Å². The molecule has 0 atom stereocenters. The number of nitrogens with one attached hydrogen (secondary N) is 2. The standard InChI is InChI=1S/C10H10N6OS/c1-4-5(2)18-9(6(4)3-11)14-8(17)7-13-10(12)16-15-7/h1-2H3,(H,14,17)(H3,12,13,15,16). The van der Waals surface area contributed by atoms with Gasteiger partial charge in [0.15, 0.2) is 0 Å². The second-order valence-electron chi connectivity index (χ2n) is 3.60. The molecule has 92 valence electrons. The molecule has 0 saturated heterocycles. The molecule has 7 nitrogen and oxygen atoms in total. The number of aromatic nitrogens is 3. The van der Waals surface area contributed by atoms with E-state index in [2.05, 4.69) is 26.6 Å². The van der Waals surface area contributed by atoms with Crippen LogP contribution in [-0.4, -0.2) is 21.1 Å². The van der Waals surface area contributed by atoms with Crippen molar-refractivity contribution >= 4 is 28.2 Å². The zero-order valence-electron chi connectivity index (χ0n) is 9.74. The van der Waals surface area contributed by atoms with Gasteiger partial charge in [-0.2, -0.15) is 10.2 Å². The maximum absolute atomic E-state index is 11.8. The van der Waals surface area contributed by atoms with E-state index in [1.54, 1.807) is 0 Å². The normalized spacial score (nSPS) is 10.1. The first-order chi connectivity index (χ1) is 8.52. The number of aryl methyl sites for hydroxylation is 1. The van der Waals surface area contributed by atoms with Crippen LogP contribution >= 0.6 is 11.3 Å². The van der Waals surface area contributed by atoms with E-state index in [4.69, 9.17) is 11.0 Å². The number of H-pyrrole nitrogens is 1. The van der Waals surface area contributed by atoms with E-state index in [0.717, 1.165) is 10.4 Å². The molecule has 0 aliphatic rings. The van der Waals surface area contributed by atoms with Crippen molar-refractivity contribution in [3.8, 4) is 6.07 Å². The van der Waals surface area contributed by atoms with E-state index >= 15 is 0 Å². The summed E-state index contributed by atoms with van der Waals surface area (Å²) in [5.74, 6) is -0.462. The summed E-state index contributed by atoms with van der Waals surface area (Å²) in [4.78, 5) is 16.5. The predicted molar refractivity (Wildman–Crippen MR) is 67.3 cm³/mol. The Morgan fingerprint density at radius 1 is 1.56 bits per heavy atom. The summed E-state index contributed by atoms with van der Waals surface area (Å²) in [6.07, 6.45) is 0. The first-order valence-electron chi connectivity index (χ1n) is 5.02. The van der Waals surface area contributed by atoms with Crippen LogP contribution in [0.25, 0.3) is 0 Å². The van der Waals surface area contributed by atoms with Crippen molar-refractivity contribution in [1.29, 1.82) is 5.26 Å². The number of nitrogen functional groups attached to an aromatic ring is 1. The van der Waals surface area contributed by atoms with Crippen molar-refractivity contribution in [3.63, 3.8) is 0 Å². The lowest BCUT2D eigenvalue weighted by molar-refractivity contribution is 0.101. The number of amides is 1. The second-order valence-corrected chi connectivity index (χ2v) is 4.82. The van der Waals surface area contributed by atoms with Gasteiger partial charge < -0.3 is 11.1 Å². The molecule has 8 heteroatoms. The van der Waals surface area contributed by atoms with E-state index in [1.807, 2.05) is 13.8 Å². The molecule has 0 spiro atoms. The molecule has 2 rings (SSSR count). The van der Waals surface area contributed by atoms with E-state index in [1.165, 1.54) is 11.3 Å². The first-order valence-corrected chi connectivity index (χ1v) is 5.84. The van der Waals surface area contributed by atoms with Gasteiger partial charge in [0.1, 0.15) is 11.1 Å². The minimum atomic E-state index is -0.475. The Morgan fingerprint density at radius 2 is 2.28 bits per heavy atom. The van der Waals surface area contributed by atoms with Crippen LogP contribution in [0.5, 0.6) is 0 Å². The summed E-state index contributed by atoms with van der Waals surface area (Å²) < 4.78 is 0. The fraction of sp³-hybridized carbons (Fsp3) is 0.200. The predicted octanol–water partition coefficient (Wildman–Crippen LogP) is 1.19. The monoisotopic (exact) mass is 262 g/mol. The fourth-order valence-corrected chi connectivity index (χ4v) is 2.39. The lowest BCUT2D eigenvalue weighted by Gasteiger charge is -1.99. The van der Waals surface area contributed by atoms with Gasteiger partial charge >= 0.3 is 0 Å². The highest BCUT2D eigenvalue weighted by Crippen LogP contribution is 2.31. The molecular weight excluding hydrogens is 252 g/mol. The van der Waals surface area contributed by atoms with Gasteiger partial charge in [0, 0.05) is 4.88 Å². The Labute approximate surface area is 107 Å². The average molecular weight is 262 g/mol. The number of aromatic amines is 1. The third kappa shape index (κ3) is 2.03. The summed E-state index contributed by atoms with van der Waals surface area (Å²) in [6.45, 7) is 3.73. The van der Waals surface area contributed by atoms with Gasteiger partial charge in [-0.25, -0.2) is 0 Å². The summed E-state index contributed by atoms with van der Waals surface area (Å²) in [5.41, 5.74) is 6.65. The van der Waals surface area contributed by atoms with Gasteiger partial charge in [-0.15, -0.1) is 16.4 Å². The maximum Gasteiger partial charge on any atom is 0.293 e. The van der Waals surface area contributed by atoms with Gasteiger partial charge in [0.2, 0.25) is 11.8 Å². The van der Waals surface area contributed by atoms with E-state index < -0.39 is 5.91 Å². The minimum absolute atomic E-state index is 0.000743. The van der Waals surface area contributed by atoms with Crippen LogP contribution in [0.1, 0.15) is 26.6 Å². The Kier molecular flexibility index (Phi) is 2.99. The van der Waals surface area contributed by atoms with Gasteiger partial charge in [-0.05, 0) is 19.4 Å². The zero-order chi connectivity index (χ0) is 13.3. The van der Waals surface area contributed by atoms with Crippen molar-refractivity contribution in [2.24, 2.45) is 0 Å². The zero-order valence-corrected chi connectivity index (χ0v) is 10.6. The fourth-order valence-electron chi connectivity index (χ4n) is 1.39. The van der Waals surface area contributed by atoms with Crippen molar-refractivity contribution < 1.29 is 4.79 Å². The molecule has 0 aliphatic heterocycles. The molecular formula is C10H10N6OS. The van der Waals surface area contributed by atoms with Crippen molar-refractivity contribution in [1.82, 2.24) is 15.2 Å². The number of carbonyl (C=O) groups is 1. The number of carbonyl (C=O) groups excluding carboxylic acids is 1. The van der Waals surface area contributed by atoms with Gasteiger partial charge in [-0.3, -0.25) is 9.89 Å². The van der Waals surface area contributed by atoms with Crippen LogP contribution in [0, 0.1) is 25.2 Å². The maximum atomic E-state index is 11.8. The number of anilines is 2. The summed E-state index contributed by atoms with van der Waals surface area (Å²) >= 11 is 1.35. The van der Waals surface area contributed by atoms with Crippen molar-refractivity contribution in [2.75, 3.05) is 11.1 Å². The lowest BCUT2D eigenvalue weighted by atomic mass is 10.2. The Balaban J connectivity index is 2.28. The molecule has 2 aromatic rings. The SMILES string of the molecule is Cc1sc(NC(=O)c2nc(N)n[nH]2)c(C#N)c1C. The molecule has 0 unspecified atom stereocenters. The molecule has 4 N–H and O–H groups in total. The highest BCUT2D eigenvalue weighted by atomic mass is 32.1. The Bertz CT molecular complexity index is 650. The smallest absolute Gasteiger partial charge is 0.293 e. The van der Waals surface area contributed by atoms with Crippen molar-refractivity contribution in [2.45, 2.75) is 13.8 Å². The minimum Gasteiger partial charge on any atom is -0.366 e. The third-order valence-electron chi connectivity index (χ3n) is 2.44. The molecule has 2 heterocycles. The molecule has 0 bridgehead atoms. The average Bonchev–Trinajstić information content (AvgIpc) is 2.85. The summed E-state index contributed by atoms with van der Waals surface area (Å²) in [7, 11) is 0. The van der Waals surface area contributed by atoms with E-state index in [0.29, 0.717) is 10.6 Å². The number of nitrogens with zero attached hydrogens (tertiary/aromatic N) is 3. The number of rotatable bonds is 2. The molecule has 18 heavy (non-hydrogen) atoms.